The van der Waals surface area contributed by atoms with E-state index in [1.165, 1.54) is 10.9 Å². The lowest BCUT2D eigenvalue weighted by Gasteiger charge is -2.14. The molecule has 0 saturated carbocycles. The number of nitriles is 1. The Labute approximate surface area is 127 Å². The Morgan fingerprint density at radius 1 is 1.24 bits per heavy atom. The standard InChI is InChI=1S/C18H24N2O/c1-4-21-17-9-7-8-16-15(17)10-13-20(16)12-6-5-11-18(2,3)14-19/h7-10,13H,4-6,11-12H2,1-3H3. The molecule has 0 bridgehead atoms. The van der Waals surface area contributed by atoms with Crippen LogP contribution in [0.4, 0.5) is 0 Å². The van der Waals surface area contributed by atoms with Crippen molar-refractivity contribution in [1.29, 1.82) is 5.26 Å². The lowest BCUT2D eigenvalue weighted by Crippen LogP contribution is -2.08. The van der Waals surface area contributed by atoms with Gasteiger partial charge in [0.25, 0.3) is 0 Å². The van der Waals surface area contributed by atoms with Crippen molar-refractivity contribution in [3.8, 4) is 11.8 Å². The first-order valence-electron chi connectivity index (χ1n) is 7.69. The second-order valence-electron chi connectivity index (χ2n) is 6.08. The topological polar surface area (TPSA) is 38.0 Å². The van der Waals surface area contributed by atoms with Gasteiger partial charge in [0.05, 0.1) is 23.6 Å². The van der Waals surface area contributed by atoms with E-state index in [0.717, 1.165) is 31.6 Å². The van der Waals surface area contributed by atoms with Gasteiger partial charge in [0.2, 0.25) is 0 Å². The summed E-state index contributed by atoms with van der Waals surface area (Å²) in [7, 11) is 0. The molecule has 21 heavy (non-hydrogen) atoms. The molecule has 2 rings (SSSR count). The number of aromatic nitrogens is 1. The van der Waals surface area contributed by atoms with E-state index in [9.17, 15) is 0 Å². The predicted octanol–water partition coefficient (Wildman–Crippen LogP) is 4.76. The van der Waals surface area contributed by atoms with Crippen LogP contribution in [0, 0.1) is 16.7 Å². The summed E-state index contributed by atoms with van der Waals surface area (Å²) in [5.74, 6) is 0.958. The Morgan fingerprint density at radius 3 is 2.76 bits per heavy atom. The van der Waals surface area contributed by atoms with E-state index >= 15 is 0 Å². The number of ether oxygens (including phenoxy) is 1. The molecule has 1 aromatic carbocycles. The van der Waals surface area contributed by atoms with Crippen LogP contribution in [0.25, 0.3) is 10.9 Å². The Balaban J connectivity index is 2.00. The molecule has 2 aromatic rings. The first kappa shape index (κ1) is 15.4. The van der Waals surface area contributed by atoms with Crippen molar-refractivity contribution in [3.05, 3.63) is 30.5 Å². The van der Waals surface area contributed by atoms with Gasteiger partial charge in [-0.15, -0.1) is 0 Å². The van der Waals surface area contributed by atoms with Crippen LogP contribution in [-0.4, -0.2) is 11.2 Å². The van der Waals surface area contributed by atoms with Crippen molar-refractivity contribution in [2.24, 2.45) is 5.41 Å². The highest BCUT2D eigenvalue weighted by Gasteiger charge is 2.15. The van der Waals surface area contributed by atoms with Crippen molar-refractivity contribution >= 4 is 10.9 Å². The van der Waals surface area contributed by atoms with Gasteiger partial charge in [0.1, 0.15) is 5.75 Å². The number of aryl methyl sites for hydroxylation is 1. The molecule has 0 saturated heterocycles. The van der Waals surface area contributed by atoms with Crippen LogP contribution in [-0.2, 0) is 6.54 Å². The third-order valence-corrected chi connectivity index (χ3v) is 3.83. The predicted molar refractivity (Wildman–Crippen MR) is 86.4 cm³/mol. The maximum Gasteiger partial charge on any atom is 0.128 e. The van der Waals surface area contributed by atoms with Gasteiger partial charge in [0, 0.05) is 18.1 Å². The normalized spacial score (nSPS) is 11.5. The van der Waals surface area contributed by atoms with Gasteiger partial charge in [-0.2, -0.15) is 5.26 Å². The summed E-state index contributed by atoms with van der Waals surface area (Å²) in [5.41, 5.74) is 1.02. The van der Waals surface area contributed by atoms with Crippen molar-refractivity contribution in [2.45, 2.75) is 46.6 Å². The summed E-state index contributed by atoms with van der Waals surface area (Å²) in [4.78, 5) is 0. The highest BCUT2D eigenvalue weighted by molar-refractivity contribution is 5.86. The molecular formula is C18H24N2O. The first-order valence-corrected chi connectivity index (χ1v) is 7.69. The fourth-order valence-corrected chi connectivity index (χ4v) is 2.58. The molecule has 0 aliphatic heterocycles. The summed E-state index contributed by atoms with van der Waals surface area (Å²) >= 11 is 0. The molecule has 0 unspecified atom stereocenters. The summed E-state index contributed by atoms with van der Waals surface area (Å²) in [5, 5.41) is 10.2. The van der Waals surface area contributed by atoms with E-state index in [4.69, 9.17) is 10.00 Å². The molecule has 0 atom stereocenters. The van der Waals surface area contributed by atoms with Crippen LogP contribution in [0.3, 0.4) is 0 Å². The van der Waals surface area contributed by atoms with Crippen LogP contribution < -0.4 is 4.74 Å². The van der Waals surface area contributed by atoms with E-state index in [-0.39, 0.29) is 5.41 Å². The molecule has 3 heteroatoms. The van der Waals surface area contributed by atoms with E-state index in [1.807, 2.05) is 32.9 Å². The number of rotatable bonds is 7. The SMILES string of the molecule is CCOc1cccc2c1ccn2CCCCC(C)(C)C#N. The van der Waals surface area contributed by atoms with Crippen molar-refractivity contribution in [1.82, 2.24) is 4.57 Å². The largest absolute Gasteiger partial charge is 0.493 e. The summed E-state index contributed by atoms with van der Waals surface area (Å²) in [6.07, 6.45) is 5.24. The Hall–Kier alpha value is -1.95. The van der Waals surface area contributed by atoms with E-state index in [2.05, 4.69) is 29.0 Å². The van der Waals surface area contributed by atoms with Crippen LogP contribution in [0.2, 0.25) is 0 Å². The van der Waals surface area contributed by atoms with E-state index in [1.54, 1.807) is 0 Å². The number of benzene rings is 1. The number of nitrogens with zero attached hydrogens (tertiary/aromatic N) is 2. The van der Waals surface area contributed by atoms with Gasteiger partial charge in [-0.3, -0.25) is 0 Å². The summed E-state index contributed by atoms with van der Waals surface area (Å²) in [6.45, 7) is 7.69. The van der Waals surface area contributed by atoms with Gasteiger partial charge >= 0.3 is 0 Å². The second kappa shape index (κ2) is 6.67. The lowest BCUT2D eigenvalue weighted by molar-refractivity contribution is 0.344. The third-order valence-electron chi connectivity index (χ3n) is 3.83. The highest BCUT2D eigenvalue weighted by atomic mass is 16.5. The average Bonchev–Trinajstić information content (AvgIpc) is 2.88. The Morgan fingerprint density at radius 2 is 2.05 bits per heavy atom. The highest BCUT2D eigenvalue weighted by Crippen LogP contribution is 2.27. The average molecular weight is 284 g/mol. The number of hydrogen-bond donors (Lipinski definition) is 0. The second-order valence-corrected chi connectivity index (χ2v) is 6.08. The molecule has 0 spiro atoms. The van der Waals surface area contributed by atoms with Gasteiger partial charge in [-0.05, 0) is 51.8 Å². The molecule has 3 nitrogen and oxygen atoms in total. The third kappa shape index (κ3) is 3.78. The number of unbranched alkanes of at least 4 members (excludes halogenated alkanes) is 1. The molecular weight excluding hydrogens is 260 g/mol. The van der Waals surface area contributed by atoms with Crippen LogP contribution in [0.15, 0.2) is 30.5 Å². The van der Waals surface area contributed by atoms with Crippen LogP contribution in [0.1, 0.15) is 40.0 Å². The molecule has 0 fully saturated rings. The van der Waals surface area contributed by atoms with Gasteiger partial charge in [0.15, 0.2) is 0 Å². The zero-order chi connectivity index (χ0) is 15.3. The minimum Gasteiger partial charge on any atom is -0.493 e. The Bertz CT molecular complexity index is 634. The molecule has 0 amide bonds. The number of hydrogen-bond acceptors (Lipinski definition) is 2. The molecule has 112 valence electrons. The molecule has 0 aliphatic rings. The fourth-order valence-electron chi connectivity index (χ4n) is 2.58. The van der Waals surface area contributed by atoms with Crippen LogP contribution in [0.5, 0.6) is 5.75 Å². The van der Waals surface area contributed by atoms with Crippen molar-refractivity contribution in [3.63, 3.8) is 0 Å². The first-order chi connectivity index (χ1) is 10.1. The van der Waals surface area contributed by atoms with Gasteiger partial charge in [-0.1, -0.05) is 12.5 Å². The van der Waals surface area contributed by atoms with E-state index < -0.39 is 0 Å². The number of fused-ring (bicyclic) bond motifs is 1. The van der Waals surface area contributed by atoms with Crippen LogP contribution >= 0.6 is 0 Å². The van der Waals surface area contributed by atoms with Gasteiger partial charge in [-0.25, -0.2) is 0 Å². The quantitative estimate of drug-likeness (QED) is 0.687. The molecule has 0 N–H and O–H groups in total. The molecule has 0 aliphatic carbocycles. The van der Waals surface area contributed by atoms with Crippen molar-refractivity contribution in [2.75, 3.05) is 6.61 Å². The Kier molecular flexibility index (Phi) is 4.90. The lowest BCUT2D eigenvalue weighted by atomic mass is 9.89. The zero-order valence-electron chi connectivity index (χ0n) is 13.2. The van der Waals surface area contributed by atoms with Gasteiger partial charge < -0.3 is 9.30 Å². The maximum absolute atomic E-state index is 9.03. The smallest absolute Gasteiger partial charge is 0.128 e. The summed E-state index contributed by atoms with van der Waals surface area (Å²) in [6, 6.07) is 10.7. The summed E-state index contributed by atoms with van der Waals surface area (Å²) < 4.78 is 7.94. The molecule has 1 aromatic heterocycles. The zero-order valence-corrected chi connectivity index (χ0v) is 13.2. The van der Waals surface area contributed by atoms with E-state index in [0.29, 0.717) is 6.61 Å². The maximum atomic E-state index is 9.03. The minimum absolute atomic E-state index is 0.207. The van der Waals surface area contributed by atoms with Crippen molar-refractivity contribution < 1.29 is 4.74 Å². The minimum atomic E-state index is -0.207. The monoisotopic (exact) mass is 284 g/mol. The molecule has 0 radical (unpaired) electrons. The molecule has 1 heterocycles. The fraction of sp³-hybridized carbons (Fsp3) is 0.500.